The second-order valence-corrected chi connectivity index (χ2v) is 11.6. The van der Waals surface area contributed by atoms with Crippen molar-refractivity contribution in [3.63, 3.8) is 0 Å². The van der Waals surface area contributed by atoms with Gasteiger partial charge < -0.3 is 4.67 Å². The molecule has 1 rings (SSSR count). The molecule has 0 spiro atoms. The topological polar surface area (TPSA) is 32.7 Å². The molecule has 0 aliphatic heterocycles. The minimum absolute atomic E-state index is 0.0917. The Kier molecular flexibility index (Phi) is 3.62. The normalized spacial score (nSPS) is 23.6. The first kappa shape index (κ1) is 13.4. The molecule has 0 bridgehead atoms. The average molecular weight is 240 g/mol. The van der Waals surface area contributed by atoms with Gasteiger partial charge in [0, 0.05) is 25.6 Å². The molecule has 92 valence electrons. The van der Waals surface area contributed by atoms with Gasteiger partial charge in [-0.2, -0.15) is 5.10 Å². The number of carbonyl (C=O) groups is 1. The van der Waals surface area contributed by atoms with Crippen LogP contribution in [0.25, 0.3) is 0 Å². The van der Waals surface area contributed by atoms with Crippen LogP contribution in [0.5, 0.6) is 0 Å². The highest BCUT2D eigenvalue weighted by Crippen LogP contribution is 2.32. The van der Waals surface area contributed by atoms with E-state index >= 15 is 0 Å². The van der Waals surface area contributed by atoms with Crippen molar-refractivity contribution >= 4 is 19.7 Å². The Balaban J connectivity index is 2.81. The number of nitrogens with zero attached hydrogens (tertiary/aromatic N) is 2. The zero-order valence-corrected chi connectivity index (χ0v) is 12.4. The molecule has 0 aromatic heterocycles. The van der Waals surface area contributed by atoms with Crippen molar-refractivity contribution < 1.29 is 4.79 Å². The lowest BCUT2D eigenvalue weighted by Gasteiger charge is -2.33. The van der Waals surface area contributed by atoms with Gasteiger partial charge in [-0.25, -0.2) is 0 Å². The molecule has 1 aliphatic carbocycles. The first-order chi connectivity index (χ1) is 7.10. The molecule has 0 unspecified atom stereocenters. The van der Waals surface area contributed by atoms with E-state index in [2.05, 4.69) is 43.3 Å². The Morgan fingerprint density at radius 2 is 1.81 bits per heavy atom. The van der Waals surface area contributed by atoms with E-state index in [1.54, 1.807) is 0 Å². The van der Waals surface area contributed by atoms with Crippen molar-refractivity contribution in [3.05, 3.63) is 0 Å². The lowest BCUT2D eigenvalue weighted by Crippen LogP contribution is -2.41. The fourth-order valence-corrected chi connectivity index (χ4v) is 2.38. The summed E-state index contributed by atoms with van der Waals surface area (Å²) in [6, 6.07) is 0. The molecule has 0 aromatic rings. The Morgan fingerprint density at radius 3 is 2.25 bits per heavy atom. The quantitative estimate of drug-likeness (QED) is 0.549. The molecule has 1 aliphatic rings. The minimum atomic E-state index is -1.38. The van der Waals surface area contributed by atoms with Crippen LogP contribution >= 0.6 is 0 Å². The van der Waals surface area contributed by atoms with Crippen molar-refractivity contribution in [2.75, 3.05) is 7.05 Å². The maximum atomic E-state index is 11.6. The summed E-state index contributed by atoms with van der Waals surface area (Å²) in [7, 11) is 0.655. The van der Waals surface area contributed by atoms with E-state index in [0.717, 1.165) is 12.1 Å². The van der Waals surface area contributed by atoms with Crippen LogP contribution in [0.15, 0.2) is 5.10 Å². The maximum Gasteiger partial charge on any atom is 0.168 e. The molecule has 1 saturated carbocycles. The van der Waals surface area contributed by atoms with E-state index in [4.69, 9.17) is 0 Å². The Morgan fingerprint density at radius 1 is 1.25 bits per heavy atom. The molecule has 0 aromatic carbocycles. The molecule has 4 heteroatoms. The van der Waals surface area contributed by atoms with Crippen LogP contribution < -0.4 is 0 Å². The third kappa shape index (κ3) is 3.74. The maximum absolute atomic E-state index is 11.6. The Bertz CT molecular complexity index is 315. The SMILES string of the molecule is CN(/N=C1\CC(=O)CC(C)(C)C1)[Si](C)(C)C. The monoisotopic (exact) mass is 240 g/mol. The van der Waals surface area contributed by atoms with Crippen LogP contribution in [0.4, 0.5) is 0 Å². The van der Waals surface area contributed by atoms with E-state index < -0.39 is 8.24 Å². The predicted molar refractivity (Wildman–Crippen MR) is 71.2 cm³/mol. The summed E-state index contributed by atoms with van der Waals surface area (Å²) in [6.45, 7) is 11.1. The number of hydrogen-bond acceptors (Lipinski definition) is 3. The highest BCUT2D eigenvalue weighted by Gasteiger charge is 2.31. The Labute approximate surface area is 100.0 Å². The molecule has 0 radical (unpaired) electrons. The molecule has 0 N–H and O–H groups in total. The molecular formula is C12H24N2OSi. The molecule has 0 saturated heterocycles. The largest absolute Gasteiger partial charge is 0.328 e. The number of rotatable bonds is 2. The first-order valence-corrected chi connectivity index (χ1v) is 9.37. The van der Waals surface area contributed by atoms with E-state index in [9.17, 15) is 4.79 Å². The fraction of sp³-hybridized carbons (Fsp3) is 0.833. The summed E-state index contributed by atoms with van der Waals surface area (Å²) in [4.78, 5) is 11.6. The van der Waals surface area contributed by atoms with Gasteiger partial charge in [0.2, 0.25) is 0 Å². The van der Waals surface area contributed by atoms with Crippen LogP contribution in [0.1, 0.15) is 33.1 Å². The second kappa shape index (κ2) is 4.32. The average Bonchev–Trinajstić information content (AvgIpc) is 1.97. The lowest BCUT2D eigenvalue weighted by molar-refractivity contribution is -0.120. The van der Waals surface area contributed by atoms with Crippen molar-refractivity contribution in [1.29, 1.82) is 0 Å². The summed E-state index contributed by atoms with van der Waals surface area (Å²) in [6.07, 6.45) is 2.20. The van der Waals surface area contributed by atoms with Crippen LogP contribution in [0, 0.1) is 5.41 Å². The molecule has 3 nitrogen and oxygen atoms in total. The van der Waals surface area contributed by atoms with Crippen molar-refractivity contribution in [1.82, 2.24) is 4.67 Å². The highest BCUT2D eigenvalue weighted by atomic mass is 28.3. The van der Waals surface area contributed by atoms with Crippen LogP contribution in [0.3, 0.4) is 0 Å². The van der Waals surface area contributed by atoms with Gasteiger partial charge >= 0.3 is 0 Å². The standard InChI is InChI=1S/C12H24N2OSi/c1-12(2)8-10(7-11(15)9-12)13-14(3)16(4,5)6/h7-9H2,1-6H3/b13-10+. The highest BCUT2D eigenvalue weighted by molar-refractivity contribution is 6.73. The van der Waals surface area contributed by atoms with E-state index in [-0.39, 0.29) is 5.41 Å². The van der Waals surface area contributed by atoms with Crippen LogP contribution in [0.2, 0.25) is 19.6 Å². The summed E-state index contributed by atoms with van der Waals surface area (Å²) in [5.41, 5.74) is 1.15. The smallest absolute Gasteiger partial charge is 0.168 e. The van der Waals surface area contributed by atoms with Gasteiger partial charge in [0.1, 0.15) is 5.78 Å². The number of hydrazone groups is 1. The van der Waals surface area contributed by atoms with Gasteiger partial charge in [0.15, 0.2) is 8.24 Å². The van der Waals surface area contributed by atoms with E-state index in [1.807, 2.05) is 7.05 Å². The van der Waals surface area contributed by atoms with Gasteiger partial charge in [0.05, 0.1) is 0 Å². The van der Waals surface area contributed by atoms with Gasteiger partial charge in [-0.3, -0.25) is 4.79 Å². The van der Waals surface area contributed by atoms with E-state index in [1.165, 1.54) is 0 Å². The molecule has 0 heterocycles. The number of Topliss-reactive ketones (excluding diaryl/α,β-unsaturated/α-hetero) is 1. The van der Waals surface area contributed by atoms with Crippen molar-refractivity contribution in [2.45, 2.75) is 52.8 Å². The molecule has 16 heavy (non-hydrogen) atoms. The zero-order valence-electron chi connectivity index (χ0n) is 11.4. The zero-order chi connectivity index (χ0) is 12.6. The van der Waals surface area contributed by atoms with Gasteiger partial charge in [-0.05, 0) is 11.8 Å². The van der Waals surface area contributed by atoms with Crippen LogP contribution in [-0.2, 0) is 4.79 Å². The third-order valence-corrected chi connectivity index (χ3v) is 5.06. The van der Waals surface area contributed by atoms with Crippen molar-refractivity contribution in [3.8, 4) is 0 Å². The second-order valence-electron chi connectivity index (χ2n) is 6.59. The summed E-state index contributed by atoms with van der Waals surface area (Å²) >= 11 is 0. The number of hydrogen-bond donors (Lipinski definition) is 0. The number of ketones is 1. The molecule has 0 atom stereocenters. The Hall–Kier alpha value is -0.643. The van der Waals surface area contributed by atoms with Crippen molar-refractivity contribution in [2.24, 2.45) is 10.5 Å². The predicted octanol–water partition coefficient (Wildman–Crippen LogP) is 2.89. The minimum Gasteiger partial charge on any atom is -0.328 e. The fourth-order valence-electron chi connectivity index (χ4n) is 1.93. The number of carbonyl (C=O) groups excluding carboxylic acids is 1. The first-order valence-electron chi connectivity index (χ1n) is 5.92. The van der Waals surface area contributed by atoms with Crippen LogP contribution in [-0.4, -0.2) is 31.5 Å². The lowest BCUT2D eigenvalue weighted by atomic mass is 9.76. The van der Waals surface area contributed by atoms with Gasteiger partial charge in [-0.1, -0.05) is 33.5 Å². The molecular weight excluding hydrogens is 216 g/mol. The van der Waals surface area contributed by atoms with E-state index in [0.29, 0.717) is 18.6 Å². The summed E-state index contributed by atoms with van der Waals surface area (Å²) < 4.78 is 2.09. The summed E-state index contributed by atoms with van der Waals surface area (Å²) in [5.74, 6) is 0.332. The third-order valence-electron chi connectivity index (χ3n) is 3.02. The van der Waals surface area contributed by atoms with Gasteiger partial charge in [0.25, 0.3) is 0 Å². The summed E-state index contributed by atoms with van der Waals surface area (Å²) in [5, 5.41) is 4.64. The van der Waals surface area contributed by atoms with Gasteiger partial charge in [-0.15, -0.1) is 0 Å². The molecule has 0 amide bonds. The molecule has 1 fully saturated rings.